The first-order chi connectivity index (χ1) is 6.72. The van der Waals surface area contributed by atoms with Crippen LogP contribution in [0.2, 0.25) is 0 Å². The molecule has 0 aliphatic carbocycles. The van der Waals surface area contributed by atoms with Gasteiger partial charge in [-0.2, -0.15) is 0 Å². The number of nitrogens with two attached hydrogens (primary N) is 1. The Balaban J connectivity index is 1.99. The molecule has 80 valence electrons. The maximum absolute atomic E-state index is 10.7. The van der Waals surface area contributed by atoms with E-state index >= 15 is 0 Å². The number of carbonyl (C=O) groups excluding carboxylic acids is 2. The van der Waals surface area contributed by atoms with Gasteiger partial charge in [-0.05, 0) is 12.8 Å². The summed E-state index contributed by atoms with van der Waals surface area (Å²) >= 11 is 0. The second kappa shape index (κ2) is 5.43. The average Bonchev–Trinajstić information content (AvgIpc) is 2.58. The molecule has 5 N–H and O–H groups in total. The van der Waals surface area contributed by atoms with Crippen LogP contribution >= 0.6 is 0 Å². The largest absolute Gasteiger partial charge is 0.336 e. The van der Waals surface area contributed by atoms with Gasteiger partial charge in [0.1, 0.15) is 0 Å². The highest BCUT2D eigenvalue weighted by atomic mass is 16.2. The number of hydrogen-bond acceptors (Lipinski definition) is 3. The second-order valence-corrected chi connectivity index (χ2v) is 3.36. The summed E-state index contributed by atoms with van der Waals surface area (Å²) in [5.74, 6) is 4.79. The first-order valence-electron chi connectivity index (χ1n) is 4.76. The normalized spacial score (nSPS) is 20.1. The van der Waals surface area contributed by atoms with Crippen LogP contribution in [0.5, 0.6) is 0 Å². The molecule has 1 unspecified atom stereocenters. The lowest BCUT2D eigenvalue weighted by molar-refractivity contribution is -0.121. The lowest BCUT2D eigenvalue weighted by Crippen LogP contribution is -2.30. The monoisotopic (exact) mass is 200 g/mol. The molecule has 0 spiro atoms. The topological polar surface area (TPSA) is 96.2 Å². The van der Waals surface area contributed by atoms with E-state index in [1.807, 2.05) is 0 Å². The van der Waals surface area contributed by atoms with Crippen LogP contribution in [0.25, 0.3) is 0 Å². The Labute approximate surface area is 82.6 Å². The molecule has 0 aromatic carbocycles. The van der Waals surface area contributed by atoms with E-state index < -0.39 is 0 Å². The summed E-state index contributed by atoms with van der Waals surface area (Å²) in [6, 6.07) is 0.109. The van der Waals surface area contributed by atoms with E-state index in [-0.39, 0.29) is 18.0 Å². The van der Waals surface area contributed by atoms with E-state index in [4.69, 9.17) is 5.84 Å². The van der Waals surface area contributed by atoms with Crippen molar-refractivity contribution in [3.8, 4) is 0 Å². The van der Waals surface area contributed by atoms with Crippen LogP contribution in [0.4, 0.5) is 4.79 Å². The van der Waals surface area contributed by atoms with E-state index in [1.165, 1.54) is 0 Å². The molecule has 1 atom stereocenters. The summed E-state index contributed by atoms with van der Waals surface area (Å²) < 4.78 is 0. The van der Waals surface area contributed by atoms with E-state index in [1.54, 1.807) is 0 Å². The van der Waals surface area contributed by atoms with E-state index in [9.17, 15) is 9.59 Å². The number of amides is 3. The van der Waals surface area contributed by atoms with Crippen LogP contribution in [0.15, 0.2) is 0 Å². The summed E-state index contributed by atoms with van der Waals surface area (Å²) in [6.45, 7) is 0.682. The average molecular weight is 200 g/mol. The highest BCUT2D eigenvalue weighted by Gasteiger charge is 2.18. The molecule has 1 saturated heterocycles. The smallest absolute Gasteiger partial charge is 0.315 e. The minimum absolute atomic E-state index is 0.102. The molecule has 6 nitrogen and oxygen atoms in total. The Bertz CT molecular complexity index is 219. The predicted octanol–water partition coefficient (Wildman–Crippen LogP) is -0.782. The summed E-state index contributed by atoms with van der Waals surface area (Å²) in [4.78, 5) is 21.5. The molecule has 0 aromatic heterocycles. The lowest BCUT2D eigenvalue weighted by atomic mass is 10.1. The van der Waals surface area contributed by atoms with Crippen LogP contribution in [0, 0.1) is 0 Å². The van der Waals surface area contributed by atoms with E-state index in [0.29, 0.717) is 13.0 Å². The Morgan fingerprint density at radius 2 is 2.36 bits per heavy atom. The van der Waals surface area contributed by atoms with Crippen molar-refractivity contribution in [3.63, 3.8) is 0 Å². The molecule has 6 heteroatoms. The predicted molar refractivity (Wildman–Crippen MR) is 51.1 cm³/mol. The van der Waals surface area contributed by atoms with Crippen LogP contribution in [-0.4, -0.2) is 24.5 Å². The fourth-order valence-corrected chi connectivity index (χ4v) is 1.43. The molecule has 0 saturated carbocycles. The fourth-order valence-electron chi connectivity index (χ4n) is 1.43. The Hall–Kier alpha value is -1.30. The third-order valence-electron chi connectivity index (χ3n) is 2.21. The number of carbonyl (C=O) groups is 2. The van der Waals surface area contributed by atoms with Crippen LogP contribution < -0.4 is 21.9 Å². The molecule has 3 amide bonds. The first-order valence-corrected chi connectivity index (χ1v) is 4.76. The van der Waals surface area contributed by atoms with Crippen molar-refractivity contribution in [2.45, 2.75) is 31.7 Å². The van der Waals surface area contributed by atoms with Crippen molar-refractivity contribution in [2.24, 2.45) is 5.84 Å². The van der Waals surface area contributed by atoms with Crippen molar-refractivity contribution in [3.05, 3.63) is 0 Å². The van der Waals surface area contributed by atoms with Crippen LogP contribution in [0.1, 0.15) is 25.7 Å². The number of nitrogens with one attached hydrogen (secondary N) is 3. The molecule has 1 heterocycles. The summed E-state index contributed by atoms with van der Waals surface area (Å²) in [7, 11) is 0. The van der Waals surface area contributed by atoms with E-state index in [0.717, 1.165) is 19.3 Å². The van der Waals surface area contributed by atoms with Gasteiger partial charge in [0, 0.05) is 19.0 Å². The summed E-state index contributed by atoms with van der Waals surface area (Å²) in [6.07, 6.45) is 3.07. The fraction of sp³-hybridized carbons (Fsp3) is 0.750. The number of unbranched alkanes of at least 4 members (excludes halogenated alkanes) is 1. The zero-order valence-electron chi connectivity index (χ0n) is 8.01. The molecule has 14 heavy (non-hydrogen) atoms. The molecule has 0 aromatic rings. The number of hydrazine groups is 1. The van der Waals surface area contributed by atoms with Gasteiger partial charge in [-0.25, -0.2) is 10.6 Å². The van der Waals surface area contributed by atoms with Crippen molar-refractivity contribution in [2.75, 3.05) is 6.54 Å². The van der Waals surface area contributed by atoms with Crippen molar-refractivity contribution in [1.82, 2.24) is 16.1 Å². The van der Waals surface area contributed by atoms with Gasteiger partial charge in [0.15, 0.2) is 0 Å². The van der Waals surface area contributed by atoms with Crippen LogP contribution in [-0.2, 0) is 4.79 Å². The number of rotatable bonds is 5. The quantitative estimate of drug-likeness (QED) is 0.203. The molecule has 1 fully saturated rings. The van der Waals surface area contributed by atoms with Gasteiger partial charge in [0.25, 0.3) is 0 Å². The van der Waals surface area contributed by atoms with Gasteiger partial charge in [-0.3, -0.25) is 10.2 Å². The molecular formula is C8H16N4O2. The SMILES string of the molecule is NNC(=O)CCCCC1CNC(=O)N1. The van der Waals surface area contributed by atoms with E-state index in [2.05, 4.69) is 16.1 Å². The molecule has 0 radical (unpaired) electrons. The molecule has 1 aliphatic heterocycles. The third-order valence-corrected chi connectivity index (χ3v) is 2.21. The van der Waals surface area contributed by atoms with Gasteiger partial charge in [0.2, 0.25) is 5.91 Å². The first kappa shape index (κ1) is 10.8. The van der Waals surface area contributed by atoms with Gasteiger partial charge in [-0.1, -0.05) is 6.42 Å². The van der Waals surface area contributed by atoms with Crippen LogP contribution in [0.3, 0.4) is 0 Å². The minimum atomic E-state index is -0.140. The Kier molecular flexibility index (Phi) is 4.18. The molecule has 0 bridgehead atoms. The Morgan fingerprint density at radius 1 is 1.57 bits per heavy atom. The maximum atomic E-state index is 10.7. The maximum Gasteiger partial charge on any atom is 0.315 e. The third kappa shape index (κ3) is 3.61. The zero-order valence-corrected chi connectivity index (χ0v) is 8.01. The van der Waals surface area contributed by atoms with Gasteiger partial charge >= 0.3 is 6.03 Å². The molecule has 1 rings (SSSR count). The highest BCUT2D eigenvalue weighted by molar-refractivity contribution is 5.76. The summed E-state index contributed by atoms with van der Waals surface area (Å²) in [5, 5.41) is 5.46. The van der Waals surface area contributed by atoms with Gasteiger partial charge < -0.3 is 10.6 Å². The van der Waals surface area contributed by atoms with Crippen molar-refractivity contribution < 1.29 is 9.59 Å². The lowest BCUT2D eigenvalue weighted by Gasteiger charge is -2.07. The molecular weight excluding hydrogens is 184 g/mol. The van der Waals surface area contributed by atoms with Crippen molar-refractivity contribution >= 4 is 11.9 Å². The van der Waals surface area contributed by atoms with Gasteiger partial charge in [0.05, 0.1) is 0 Å². The van der Waals surface area contributed by atoms with Gasteiger partial charge in [-0.15, -0.1) is 0 Å². The highest BCUT2D eigenvalue weighted by Crippen LogP contribution is 2.05. The number of urea groups is 1. The summed E-state index contributed by atoms with van der Waals surface area (Å²) in [5.41, 5.74) is 2.08. The Morgan fingerprint density at radius 3 is 2.93 bits per heavy atom. The van der Waals surface area contributed by atoms with Crippen molar-refractivity contribution in [1.29, 1.82) is 0 Å². The second-order valence-electron chi connectivity index (χ2n) is 3.36. The molecule has 1 aliphatic rings. The minimum Gasteiger partial charge on any atom is -0.336 e. The standard InChI is InChI=1S/C8H16N4O2/c9-12-7(13)4-2-1-3-6-5-10-8(14)11-6/h6H,1-5,9H2,(H,12,13)(H2,10,11,14). The number of hydrogen-bond donors (Lipinski definition) is 4. The zero-order chi connectivity index (χ0) is 10.4.